The zero-order valence-corrected chi connectivity index (χ0v) is 19.3. The maximum atomic E-state index is 13.5. The molecule has 35 heavy (non-hydrogen) atoms. The standard InChI is InChI=1S/C25H27F2N3O5/c1-15(31)30-10-7-16(8-11-30)14-35-25(33)29-22-9-12-34-23-18(22)3-2-4-19(23)24(32)28-17-5-6-20(26)21(27)13-17/h2-6,13,16,22H,7-12,14H2,1H3,(H,28,32)(H,29,33)/t22-/m0/s1. The molecule has 0 unspecified atom stereocenters. The molecule has 0 spiro atoms. The van der Waals surface area contributed by atoms with E-state index >= 15 is 0 Å². The number of piperidine rings is 1. The van der Waals surface area contributed by atoms with Crippen molar-refractivity contribution in [3.63, 3.8) is 0 Å². The van der Waals surface area contributed by atoms with Gasteiger partial charge in [-0.05, 0) is 37.0 Å². The number of hydrogen-bond acceptors (Lipinski definition) is 5. The van der Waals surface area contributed by atoms with Crippen molar-refractivity contribution in [2.75, 3.05) is 31.6 Å². The summed E-state index contributed by atoms with van der Waals surface area (Å²) in [5.74, 6) is -2.05. The van der Waals surface area contributed by atoms with Gasteiger partial charge in [0.1, 0.15) is 5.75 Å². The highest BCUT2D eigenvalue weighted by atomic mass is 19.2. The Kier molecular flexibility index (Phi) is 7.48. The Bertz CT molecular complexity index is 1120. The van der Waals surface area contributed by atoms with Gasteiger partial charge in [-0.25, -0.2) is 13.6 Å². The van der Waals surface area contributed by atoms with E-state index in [1.165, 1.54) is 6.07 Å². The minimum Gasteiger partial charge on any atom is -0.492 e. The normalized spacial score (nSPS) is 17.7. The number of para-hydroxylation sites is 1. The Labute approximate surface area is 201 Å². The molecule has 2 aliphatic heterocycles. The minimum atomic E-state index is -1.07. The van der Waals surface area contributed by atoms with Crippen LogP contribution in [0.15, 0.2) is 36.4 Å². The number of nitrogens with zero attached hydrogens (tertiary/aromatic N) is 1. The first-order valence-corrected chi connectivity index (χ1v) is 11.5. The fourth-order valence-corrected chi connectivity index (χ4v) is 4.32. The molecule has 186 valence electrons. The van der Waals surface area contributed by atoms with E-state index in [-0.39, 0.29) is 36.3 Å². The van der Waals surface area contributed by atoms with Crippen molar-refractivity contribution in [3.8, 4) is 5.75 Å². The lowest BCUT2D eigenvalue weighted by Gasteiger charge is -2.31. The Hall–Kier alpha value is -3.69. The van der Waals surface area contributed by atoms with Gasteiger partial charge in [0.2, 0.25) is 5.91 Å². The molecule has 10 heteroatoms. The number of amides is 3. The number of likely N-dealkylation sites (tertiary alicyclic amines) is 1. The predicted molar refractivity (Wildman–Crippen MR) is 123 cm³/mol. The molecule has 2 aromatic rings. The monoisotopic (exact) mass is 487 g/mol. The number of ether oxygens (including phenoxy) is 2. The lowest BCUT2D eigenvalue weighted by molar-refractivity contribution is -0.130. The Morgan fingerprint density at radius 3 is 2.57 bits per heavy atom. The number of carbonyl (C=O) groups excluding carboxylic acids is 3. The maximum Gasteiger partial charge on any atom is 0.407 e. The average Bonchev–Trinajstić information content (AvgIpc) is 2.85. The van der Waals surface area contributed by atoms with Gasteiger partial charge in [-0.3, -0.25) is 9.59 Å². The molecular weight excluding hydrogens is 460 g/mol. The summed E-state index contributed by atoms with van der Waals surface area (Å²) >= 11 is 0. The average molecular weight is 488 g/mol. The molecule has 0 saturated carbocycles. The van der Waals surface area contributed by atoms with E-state index < -0.39 is 29.7 Å². The highest BCUT2D eigenvalue weighted by Gasteiger charge is 2.28. The quantitative estimate of drug-likeness (QED) is 0.664. The van der Waals surface area contributed by atoms with Crippen LogP contribution in [0.25, 0.3) is 0 Å². The van der Waals surface area contributed by atoms with Crippen LogP contribution < -0.4 is 15.4 Å². The molecule has 2 heterocycles. The summed E-state index contributed by atoms with van der Waals surface area (Å²) in [7, 11) is 0. The van der Waals surface area contributed by atoms with Crippen molar-refractivity contribution in [2.45, 2.75) is 32.2 Å². The van der Waals surface area contributed by atoms with Crippen LogP contribution in [0.1, 0.15) is 48.1 Å². The van der Waals surface area contributed by atoms with Gasteiger partial charge in [0.25, 0.3) is 5.91 Å². The molecule has 2 aliphatic rings. The third kappa shape index (κ3) is 5.87. The summed E-state index contributed by atoms with van der Waals surface area (Å²) in [6.45, 7) is 3.41. The summed E-state index contributed by atoms with van der Waals surface area (Å²) in [5, 5.41) is 5.38. The fraction of sp³-hybridized carbons (Fsp3) is 0.400. The number of anilines is 1. The molecule has 1 atom stereocenters. The maximum absolute atomic E-state index is 13.5. The van der Waals surface area contributed by atoms with E-state index in [1.54, 1.807) is 30.0 Å². The first-order chi connectivity index (χ1) is 16.8. The molecular formula is C25H27F2N3O5. The van der Waals surface area contributed by atoms with Gasteiger partial charge in [-0.2, -0.15) is 0 Å². The molecule has 8 nitrogen and oxygen atoms in total. The highest BCUT2D eigenvalue weighted by molar-refractivity contribution is 6.06. The highest BCUT2D eigenvalue weighted by Crippen LogP contribution is 2.35. The molecule has 0 aliphatic carbocycles. The smallest absolute Gasteiger partial charge is 0.407 e. The lowest BCUT2D eigenvalue weighted by Crippen LogP contribution is -2.39. The van der Waals surface area contributed by atoms with Crippen molar-refractivity contribution in [1.82, 2.24) is 10.2 Å². The van der Waals surface area contributed by atoms with Gasteiger partial charge in [0.15, 0.2) is 11.6 Å². The van der Waals surface area contributed by atoms with E-state index in [0.717, 1.165) is 25.0 Å². The van der Waals surface area contributed by atoms with Crippen LogP contribution >= 0.6 is 0 Å². The van der Waals surface area contributed by atoms with Gasteiger partial charge in [-0.1, -0.05) is 12.1 Å². The van der Waals surface area contributed by atoms with E-state index in [0.29, 0.717) is 30.8 Å². The summed E-state index contributed by atoms with van der Waals surface area (Å²) in [5.41, 5.74) is 0.944. The van der Waals surface area contributed by atoms with E-state index in [1.807, 2.05) is 0 Å². The van der Waals surface area contributed by atoms with Crippen LogP contribution in [0.2, 0.25) is 0 Å². The number of alkyl carbamates (subject to hydrolysis) is 1. The van der Waals surface area contributed by atoms with Crippen molar-refractivity contribution in [2.24, 2.45) is 5.92 Å². The van der Waals surface area contributed by atoms with Gasteiger partial charge >= 0.3 is 6.09 Å². The topological polar surface area (TPSA) is 97.0 Å². The zero-order chi connectivity index (χ0) is 24.9. The number of fused-ring (bicyclic) bond motifs is 1. The van der Waals surface area contributed by atoms with Gasteiger partial charge in [-0.15, -0.1) is 0 Å². The number of nitrogens with one attached hydrogen (secondary N) is 2. The first-order valence-electron chi connectivity index (χ1n) is 11.5. The molecule has 4 rings (SSSR count). The summed E-state index contributed by atoms with van der Waals surface area (Å²) in [6, 6.07) is 7.65. The third-order valence-electron chi connectivity index (χ3n) is 6.30. The van der Waals surface area contributed by atoms with Gasteiger partial charge in [0, 0.05) is 43.8 Å². The number of benzene rings is 2. The second-order valence-electron chi connectivity index (χ2n) is 8.69. The van der Waals surface area contributed by atoms with Crippen LogP contribution in [0, 0.1) is 17.6 Å². The molecule has 2 N–H and O–H groups in total. The molecule has 3 amide bonds. The molecule has 0 aromatic heterocycles. The summed E-state index contributed by atoms with van der Waals surface area (Å²) in [4.78, 5) is 38.5. The Morgan fingerprint density at radius 1 is 1.09 bits per heavy atom. The molecule has 1 saturated heterocycles. The largest absolute Gasteiger partial charge is 0.492 e. The SMILES string of the molecule is CC(=O)N1CCC(COC(=O)N[C@H]2CCOc3c(C(=O)Nc4ccc(F)c(F)c4)cccc32)CC1. The van der Waals surface area contributed by atoms with E-state index in [4.69, 9.17) is 9.47 Å². The van der Waals surface area contributed by atoms with Gasteiger partial charge in [0.05, 0.1) is 24.8 Å². The van der Waals surface area contributed by atoms with Crippen LogP contribution in [0.3, 0.4) is 0 Å². The van der Waals surface area contributed by atoms with Crippen LogP contribution in [-0.2, 0) is 9.53 Å². The molecule has 1 fully saturated rings. The summed E-state index contributed by atoms with van der Waals surface area (Å²) in [6.07, 6.45) is 1.49. The van der Waals surface area contributed by atoms with Crippen molar-refractivity contribution >= 4 is 23.6 Å². The van der Waals surface area contributed by atoms with Crippen molar-refractivity contribution in [3.05, 3.63) is 59.2 Å². The molecule has 2 aromatic carbocycles. The van der Waals surface area contributed by atoms with Crippen molar-refractivity contribution < 1.29 is 32.6 Å². The summed E-state index contributed by atoms with van der Waals surface area (Å²) < 4.78 is 37.8. The number of hydrogen-bond donors (Lipinski definition) is 2. The molecule has 0 bridgehead atoms. The third-order valence-corrected chi connectivity index (χ3v) is 6.30. The number of carbonyl (C=O) groups is 3. The van der Waals surface area contributed by atoms with Gasteiger partial charge < -0.3 is 25.0 Å². The zero-order valence-electron chi connectivity index (χ0n) is 19.3. The van der Waals surface area contributed by atoms with E-state index in [9.17, 15) is 23.2 Å². The minimum absolute atomic E-state index is 0.0539. The van der Waals surface area contributed by atoms with Crippen LogP contribution in [0.4, 0.5) is 19.3 Å². The van der Waals surface area contributed by atoms with Crippen LogP contribution in [-0.4, -0.2) is 49.1 Å². The molecule has 0 radical (unpaired) electrons. The first kappa shape index (κ1) is 24.4. The lowest BCUT2D eigenvalue weighted by atomic mass is 9.97. The van der Waals surface area contributed by atoms with Crippen LogP contribution in [0.5, 0.6) is 5.75 Å². The van der Waals surface area contributed by atoms with E-state index in [2.05, 4.69) is 10.6 Å². The van der Waals surface area contributed by atoms with Crippen molar-refractivity contribution in [1.29, 1.82) is 0 Å². The Balaban J connectivity index is 1.37. The number of rotatable bonds is 5. The second-order valence-corrected chi connectivity index (χ2v) is 8.69. The Morgan fingerprint density at radius 2 is 1.86 bits per heavy atom. The second kappa shape index (κ2) is 10.7. The predicted octanol–water partition coefficient (Wildman–Crippen LogP) is 4.03. The fourth-order valence-electron chi connectivity index (χ4n) is 4.32. The number of halogens is 2.